The standard InChI is InChI=1S/C21H24ClFN6.ClH/c1-2-14-5-8-16(9-6-14)29-20(25-15-7-10-18(23)17(22)13-15)26-19(24)27-21(29)28-11-3-4-12-28;/h5-10,13,20,25H,2-4,11-12H2,1H3,(H2,24,26);1H. The number of benzene rings is 2. The quantitative estimate of drug-likeness (QED) is 0.721. The number of hydrogen-bond acceptors (Lipinski definition) is 6. The van der Waals surface area contributed by atoms with Gasteiger partial charge < -0.3 is 16.0 Å². The van der Waals surface area contributed by atoms with Crippen LogP contribution in [-0.2, 0) is 6.42 Å². The third-order valence-electron chi connectivity index (χ3n) is 5.16. The van der Waals surface area contributed by atoms with Crippen molar-refractivity contribution in [1.29, 1.82) is 0 Å². The number of anilines is 2. The van der Waals surface area contributed by atoms with Crippen molar-refractivity contribution in [2.75, 3.05) is 23.3 Å². The van der Waals surface area contributed by atoms with Crippen LogP contribution in [0.1, 0.15) is 25.3 Å². The van der Waals surface area contributed by atoms with Crippen LogP contribution < -0.4 is 16.0 Å². The molecule has 2 heterocycles. The number of aryl methyl sites for hydroxylation is 1. The highest BCUT2D eigenvalue weighted by molar-refractivity contribution is 6.31. The Morgan fingerprint density at radius 1 is 1.17 bits per heavy atom. The van der Waals surface area contributed by atoms with Crippen molar-refractivity contribution in [3.8, 4) is 0 Å². The molecule has 2 aromatic rings. The summed E-state index contributed by atoms with van der Waals surface area (Å²) >= 11 is 5.96. The van der Waals surface area contributed by atoms with Crippen molar-refractivity contribution in [3.63, 3.8) is 0 Å². The van der Waals surface area contributed by atoms with Gasteiger partial charge >= 0.3 is 0 Å². The van der Waals surface area contributed by atoms with E-state index in [1.165, 1.54) is 11.6 Å². The molecule has 0 aliphatic carbocycles. The lowest BCUT2D eigenvalue weighted by atomic mass is 10.1. The second-order valence-electron chi connectivity index (χ2n) is 7.13. The molecule has 0 bridgehead atoms. The van der Waals surface area contributed by atoms with Crippen molar-refractivity contribution in [2.24, 2.45) is 15.7 Å². The average Bonchev–Trinajstić information content (AvgIpc) is 3.25. The molecule has 2 aliphatic heterocycles. The summed E-state index contributed by atoms with van der Waals surface area (Å²) in [7, 11) is 0. The first kappa shape index (κ1) is 22.2. The molecule has 3 N–H and O–H groups in total. The zero-order chi connectivity index (χ0) is 20.4. The van der Waals surface area contributed by atoms with E-state index in [2.05, 4.69) is 51.4 Å². The fourth-order valence-corrected chi connectivity index (χ4v) is 3.78. The third kappa shape index (κ3) is 4.63. The molecule has 1 fully saturated rings. The minimum absolute atomic E-state index is 0. The van der Waals surface area contributed by atoms with Gasteiger partial charge in [-0.15, -0.1) is 12.4 Å². The smallest absolute Gasteiger partial charge is 0.222 e. The SMILES string of the molecule is CCc1ccc(N2C(N3CCCC3)=NC(N)=NC2Nc2ccc(F)c(Cl)c2)cc1.Cl. The van der Waals surface area contributed by atoms with Crippen molar-refractivity contribution in [1.82, 2.24) is 4.90 Å². The fourth-order valence-electron chi connectivity index (χ4n) is 3.60. The highest BCUT2D eigenvalue weighted by atomic mass is 35.5. The lowest BCUT2D eigenvalue weighted by Crippen LogP contribution is -2.54. The minimum Gasteiger partial charge on any atom is -0.368 e. The van der Waals surface area contributed by atoms with Crippen LogP contribution in [0, 0.1) is 5.82 Å². The number of rotatable bonds is 4. The summed E-state index contributed by atoms with van der Waals surface area (Å²) in [4.78, 5) is 13.3. The van der Waals surface area contributed by atoms with Gasteiger partial charge in [0.2, 0.25) is 18.2 Å². The first-order chi connectivity index (χ1) is 14.0. The van der Waals surface area contributed by atoms with Crippen LogP contribution in [0.3, 0.4) is 0 Å². The topological polar surface area (TPSA) is 69.2 Å². The summed E-state index contributed by atoms with van der Waals surface area (Å²) < 4.78 is 13.6. The maximum absolute atomic E-state index is 13.6. The molecule has 30 heavy (non-hydrogen) atoms. The van der Waals surface area contributed by atoms with Gasteiger partial charge in [-0.25, -0.2) is 9.38 Å². The Labute approximate surface area is 187 Å². The molecule has 0 spiro atoms. The summed E-state index contributed by atoms with van der Waals surface area (Å²) in [5.41, 5.74) is 8.92. The molecule has 1 unspecified atom stereocenters. The van der Waals surface area contributed by atoms with E-state index in [-0.39, 0.29) is 23.4 Å². The van der Waals surface area contributed by atoms with E-state index >= 15 is 0 Å². The molecule has 0 saturated carbocycles. The first-order valence-electron chi connectivity index (χ1n) is 9.82. The van der Waals surface area contributed by atoms with Gasteiger partial charge in [0, 0.05) is 24.5 Å². The number of aliphatic imine (C=N–C) groups is 2. The van der Waals surface area contributed by atoms with Gasteiger partial charge in [-0.3, -0.25) is 4.90 Å². The Kier molecular flexibility index (Phi) is 7.05. The van der Waals surface area contributed by atoms with E-state index in [1.807, 2.05) is 4.90 Å². The normalized spacial score (nSPS) is 18.6. The molecule has 1 atom stereocenters. The molecular weight excluding hydrogens is 426 g/mol. The molecule has 0 amide bonds. The molecule has 1 saturated heterocycles. The molecule has 2 aliphatic rings. The maximum Gasteiger partial charge on any atom is 0.222 e. The molecular formula is C21H25Cl2FN6. The van der Waals surface area contributed by atoms with E-state index < -0.39 is 12.1 Å². The molecule has 9 heteroatoms. The lowest BCUT2D eigenvalue weighted by Gasteiger charge is -2.38. The Hall–Kier alpha value is -2.51. The molecule has 0 radical (unpaired) electrons. The van der Waals surface area contributed by atoms with Crippen LogP contribution in [0.5, 0.6) is 0 Å². The molecule has 0 aromatic heterocycles. The van der Waals surface area contributed by atoms with Gasteiger partial charge in [-0.05, 0) is 55.2 Å². The van der Waals surface area contributed by atoms with E-state index in [0.29, 0.717) is 5.69 Å². The highest BCUT2D eigenvalue weighted by Gasteiger charge is 2.32. The van der Waals surface area contributed by atoms with Crippen LogP contribution in [0.2, 0.25) is 5.02 Å². The van der Waals surface area contributed by atoms with E-state index in [9.17, 15) is 4.39 Å². The summed E-state index contributed by atoms with van der Waals surface area (Å²) in [6.07, 6.45) is 2.67. The number of hydrogen-bond donors (Lipinski definition) is 2. The second-order valence-corrected chi connectivity index (χ2v) is 7.54. The molecule has 4 rings (SSSR count). The zero-order valence-corrected chi connectivity index (χ0v) is 18.3. The number of nitrogens with two attached hydrogens (primary N) is 1. The second kappa shape index (κ2) is 9.53. The molecule has 6 nitrogen and oxygen atoms in total. The number of guanidine groups is 2. The van der Waals surface area contributed by atoms with E-state index in [4.69, 9.17) is 17.3 Å². The van der Waals surface area contributed by atoms with Crippen LogP contribution in [0.4, 0.5) is 15.8 Å². The summed E-state index contributed by atoms with van der Waals surface area (Å²) in [5.74, 6) is 0.513. The number of nitrogens with one attached hydrogen (secondary N) is 1. The van der Waals surface area contributed by atoms with Crippen molar-refractivity contribution >= 4 is 47.3 Å². The largest absolute Gasteiger partial charge is 0.368 e. The first-order valence-corrected chi connectivity index (χ1v) is 10.2. The van der Waals surface area contributed by atoms with Crippen molar-refractivity contribution < 1.29 is 4.39 Å². The van der Waals surface area contributed by atoms with Gasteiger partial charge in [0.05, 0.1) is 5.02 Å². The molecule has 160 valence electrons. The van der Waals surface area contributed by atoms with Crippen LogP contribution in [-0.4, -0.2) is 36.2 Å². The van der Waals surface area contributed by atoms with Crippen molar-refractivity contribution in [3.05, 3.63) is 58.9 Å². The lowest BCUT2D eigenvalue weighted by molar-refractivity contribution is 0.497. The van der Waals surface area contributed by atoms with Crippen LogP contribution >= 0.6 is 24.0 Å². The van der Waals surface area contributed by atoms with E-state index in [0.717, 1.165) is 44.0 Å². The van der Waals surface area contributed by atoms with E-state index in [1.54, 1.807) is 12.1 Å². The Morgan fingerprint density at radius 3 is 2.50 bits per heavy atom. The summed E-state index contributed by atoms with van der Waals surface area (Å²) in [6, 6.07) is 12.8. The average molecular weight is 451 g/mol. The fraction of sp³-hybridized carbons (Fsp3) is 0.333. The highest BCUT2D eigenvalue weighted by Crippen LogP contribution is 2.27. The Bertz CT molecular complexity index is 941. The van der Waals surface area contributed by atoms with Gasteiger partial charge in [-0.2, -0.15) is 4.99 Å². The predicted molar refractivity (Wildman–Crippen MR) is 124 cm³/mol. The number of halogens is 3. The number of likely N-dealkylation sites (tertiary alicyclic amines) is 1. The van der Waals surface area contributed by atoms with Crippen molar-refractivity contribution in [2.45, 2.75) is 32.5 Å². The monoisotopic (exact) mass is 450 g/mol. The van der Waals surface area contributed by atoms with Crippen LogP contribution in [0.15, 0.2) is 52.4 Å². The number of nitrogens with zero attached hydrogens (tertiary/aromatic N) is 4. The molecule has 2 aromatic carbocycles. The van der Waals surface area contributed by atoms with Gasteiger partial charge in [0.25, 0.3) is 0 Å². The van der Waals surface area contributed by atoms with Gasteiger partial charge in [0.1, 0.15) is 5.82 Å². The van der Waals surface area contributed by atoms with Gasteiger partial charge in [-0.1, -0.05) is 30.7 Å². The summed E-state index contributed by atoms with van der Waals surface area (Å²) in [6.45, 7) is 3.97. The Morgan fingerprint density at radius 2 is 1.87 bits per heavy atom. The third-order valence-corrected chi connectivity index (χ3v) is 5.45. The Balaban J connectivity index is 0.00000256. The van der Waals surface area contributed by atoms with Gasteiger partial charge in [0.15, 0.2) is 0 Å². The maximum atomic E-state index is 13.6. The van der Waals surface area contributed by atoms with Crippen LogP contribution in [0.25, 0.3) is 0 Å². The zero-order valence-electron chi connectivity index (χ0n) is 16.7. The predicted octanol–water partition coefficient (Wildman–Crippen LogP) is 4.45. The minimum atomic E-state index is -0.530. The summed E-state index contributed by atoms with van der Waals surface area (Å²) in [5, 5.41) is 3.36.